The molecule has 5 nitrogen and oxygen atoms in total. The Bertz CT molecular complexity index is 624. The fourth-order valence-electron chi connectivity index (χ4n) is 2.51. The number of rotatable bonds is 8. The van der Waals surface area contributed by atoms with Gasteiger partial charge in [0.05, 0.1) is 7.11 Å². The zero-order valence-electron chi connectivity index (χ0n) is 14.5. The predicted molar refractivity (Wildman–Crippen MR) is 95.8 cm³/mol. The summed E-state index contributed by atoms with van der Waals surface area (Å²) in [5.41, 5.74) is 0.950. The number of anilines is 3. The summed E-state index contributed by atoms with van der Waals surface area (Å²) >= 11 is 0. The SMILES string of the molecule is CCCN(CCC)c1cc(Nc2cccc(OC)c2)nc(C)n1. The van der Waals surface area contributed by atoms with Gasteiger partial charge in [0.1, 0.15) is 23.2 Å². The Morgan fingerprint density at radius 3 is 2.48 bits per heavy atom. The Labute approximate surface area is 138 Å². The van der Waals surface area contributed by atoms with Crippen LogP contribution in [0.1, 0.15) is 32.5 Å². The molecule has 1 N–H and O–H groups in total. The lowest BCUT2D eigenvalue weighted by atomic mass is 10.3. The minimum atomic E-state index is 0.769. The van der Waals surface area contributed by atoms with E-state index < -0.39 is 0 Å². The van der Waals surface area contributed by atoms with E-state index in [0.29, 0.717) is 0 Å². The average Bonchev–Trinajstić information content (AvgIpc) is 2.54. The quantitative estimate of drug-likeness (QED) is 0.792. The van der Waals surface area contributed by atoms with Gasteiger partial charge in [-0.3, -0.25) is 0 Å². The number of hydrogen-bond acceptors (Lipinski definition) is 5. The molecule has 1 aromatic carbocycles. The van der Waals surface area contributed by atoms with Gasteiger partial charge in [0.25, 0.3) is 0 Å². The number of benzene rings is 1. The second kappa shape index (κ2) is 8.36. The molecule has 1 aromatic heterocycles. The first-order chi connectivity index (χ1) is 11.2. The van der Waals surface area contributed by atoms with Gasteiger partial charge in [0.2, 0.25) is 0 Å². The number of methoxy groups -OCH3 is 1. The lowest BCUT2D eigenvalue weighted by Gasteiger charge is -2.23. The van der Waals surface area contributed by atoms with Crippen LogP contribution in [0.3, 0.4) is 0 Å². The number of hydrogen-bond donors (Lipinski definition) is 1. The maximum atomic E-state index is 5.26. The van der Waals surface area contributed by atoms with Crippen LogP contribution in [-0.4, -0.2) is 30.2 Å². The van der Waals surface area contributed by atoms with Crippen LogP contribution < -0.4 is 15.0 Å². The van der Waals surface area contributed by atoms with Gasteiger partial charge in [-0.25, -0.2) is 9.97 Å². The molecule has 2 aromatic rings. The Hall–Kier alpha value is -2.30. The summed E-state index contributed by atoms with van der Waals surface area (Å²) in [5.74, 6) is 3.37. The second-order valence-electron chi connectivity index (χ2n) is 5.50. The normalized spacial score (nSPS) is 10.4. The van der Waals surface area contributed by atoms with Crippen molar-refractivity contribution in [3.8, 4) is 5.75 Å². The number of aromatic nitrogens is 2. The van der Waals surface area contributed by atoms with Gasteiger partial charge in [-0.1, -0.05) is 19.9 Å². The maximum Gasteiger partial charge on any atom is 0.136 e. The van der Waals surface area contributed by atoms with Crippen molar-refractivity contribution in [2.24, 2.45) is 0 Å². The van der Waals surface area contributed by atoms with E-state index in [2.05, 4.69) is 34.0 Å². The molecule has 0 saturated heterocycles. The van der Waals surface area contributed by atoms with Crippen LogP contribution in [-0.2, 0) is 0 Å². The largest absolute Gasteiger partial charge is 0.497 e. The van der Waals surface area contributed by atoms with Crippen molar-refractivity contribution in [1.82, 2.24) is 9.97 Å². The summed E-state index contributed by atoms with van der Waals surface area (Å²) < 4.78 is 5.26. The van der Waals surface area contributed by atoms with Crippen LogP contribution in [0, 0.1) is 6.92 Å². The van der Waals surface area contributed by atoms with E-state index in [-0.39, 0.29) is 0 Å². The van der Waals surface area contributed by atoms with E-state index in [0.717, 1.165) is 54.8 Å². The average molecular weight is 314 g/mol. The summed E-state index contributed by atoms with van der Waals surface area (Å²) in [6.07, 6.45) is 2.20. The molecule has 0 aliphatic rings. The third-order valence-corrected chi connectivity index (χ3v) is 3.48. The number of nitrogens with one attached hydrogen (secondary N) is 1. The lowest BCUT2D eigenvalue weighted by Crippen LogP contribution is -2.26. The molecule has 0 spiro atoms. The molecule has 5 heteroatoms. The maximum absolute atomic E-state index is 5.26. The van der Waals surface area contributed by atoms with Crippen molar-refractivity contribution in [3.05, 3.63) is 36.2 Å². The van der Waals surface area contributed by atoms with Gasteiger partial charge < -0.3 is 15.0 Å². The Balaban J connectivity index is 2.25. The number of nitrogens with zero attached hydrogens (tertiary/aromatic N) is 3. The summed E-state index contributed by atoms with van der Waals surface area (Å²) in [6.45, 7) is 8.31. The van der Waals surface area contributed by atoms with Gasteiger partial charge in [0.15, 0.2) is 0 Å². The van der Waals surface area contributed by atoms with Crippen LogP contribution in [0.2, 0.25) is 0 Å². The minimum absolute atomic E-state index is 0.769. The number of aryl methyl sites for hydroxylation is 1. The summed E-state index contributed by atoms with van der Waals surface area (Å²) in [6, 6.07) is 9.84. The van der Waals surface area contributed by atoms with E-state index in [1.165, 1.54) is 0 Å². The highest BCUT2D eigenvalue weighted by atomic mass is 16.5. The standard InChI is InChI=1S/C18H26N4O/c1-5-10-22(11-6-2)18-13-17(19-14(3)20-18)21-15-8-7-9-16(12-15)23-4/h7-9,12-13H,5-6,10-11H2,1-4H3,(H,19,20,21). The Morgan fingerprint density at radius 2 is 1.83 bits per heavy atom. The molecule has 0 saturated carbocycles. The highest BCUT2D eigenvalue weighted by Gasteiger charge is 2.09. The van der Waals surface area contributed by atoms with E-state index in [1.54, 1.807) is 7.11 Å². The van der Waals surface area contributed by atoms with E-state index in [1.807, 2.05) is 37.3 Å². The zero-order valence-corrected chi connectivity index (χ0v) is 14.5. The van der Waals surface area contributed by atoms with Gasteiger partial charge in [-0.05, 0) is 31.9 Å². The molecule has 0 aliphatic carbocycles. The molecular formula is C18H26N4O. The van der Waals surface area contributed by atoms with Crippen molar-refractivity contribution in [2.45, 2.75) is 33.6 Å². The van der Waals surface area contributed by atoms with E-state index >= 15 is 0 Å². The van der Waals surface area contributed by atoms with Gasteiger partial charge in [-0.15, -0.1) is 0 Å². The number of ether oxygens (including phenoxy) is 1. The molecule has 124 valence electrons. The van der Waals surface area contributed by atoms with Crippen molar-refractivity contribution in [1.29, 1.82) is 0 Å². The monoisotopic (exact) mass is 314 g/mol. The molecule has 1 heterocycles. The third kappa shape index (κ3) is 4.84. The summed E-state index contributed by atoms with van der Waals surface area (Å²) in [7, 11) is 1.67. The van der Waals surface area contributed by atoms with Crippen molar-refractivity contribution in [2.75, 3.05) is 30.4 Å². The Kier molecular flexibility index (Phi) is 6.20. The smallest absolute Gasteiger partial charge is 0.136 e. The highest BCUT2D eigenvalue weighted by Crippen LogP contribution is 2.23. The first-order valence-corrected chi connectivity index (χ1v) is 8.18. The first-order valence-electron chi connectivity index (χ1n) is 8.18. The fraction of sp³-hybridized carbons (Fsp3) is 0.444. The predicted octanol–water partition coefficient (Wildman–Crippen LogP) is 4.16. The summed E-state index contributed by atoms with van der Waals surface area (Å²) in [5, 5.41) is 3.34. The van der Waals surface area contributed by atoms with Gasteiger partial charge in [0, 0.05) is 30.9 Å². The first kappa shape index (κ1) is 17.1. The molecule has 23 heavy (non-hydrogen) atoms. The van der Waals surface area contributed by atoms with E-state index in [9.17, 15) is 0 Å². The molecule has 0 bridgehead atoms. The zero-order chi connectivity index (χ0) is 16.7. The molecule has 0 fully saturated rings. The molecule has 2 rings (SSSR count). The van der Waals surface area contributed by atoms with Crippen molar-refractivity contribution in [3.63, 3.8) is 0 Å². The molecular weight excluding hydrogens is 288 g/mol. The van der Waals surface area contributed by atoms with Crippen LogP contribution in [0.25, 0.3) is 0 Å². The topological polar surface area (TPSA) is 50.3 Å². The molecule has 0 radical (unpaired) electrons. The van der Waals surface area contributed by atoms with Crippen LogP contribution in [0.4, 0.5) is 17.3 Å². The molecule has 0 aliphatic heterocycles. The lowest BCUT2D eigenvalue weighted by molar-refractivity contribution is 0.415. The molecule has 0 atom stereocenters. The summed E-state index contributed by atoms with van der Waals surface area (Å²) in [4.78, 5) is 11.4. The third-order valence-electron chi connectivity index (χ3n) is 3.48. The van der Waals surface area contributed by atoms with Gasteiger partial charge in [-0.2, -0.15) is 0 Å². The second-order valence-corrected chi connectivity index (χ2v) is 5.50. The molecule has 0 amide bonds. The minimum Gasteiger partial charge on any atom is -0.497 e. The van der Waals surface area contributed by atoms with Crippen molar-refractivity contribution >= 4 is 17.3 Å². The van der Waals surface area contributed by atoms with Crippen LogP contribution in [0.5, 0.6) is 5.75 Å². The van der Waals surface area contributed by atoms with Gasteiger partial charge >= 0.3 is 0 Å². The van der Waals surface area contributed by atoms with E-state index in [4.69, 9.17) is 4.74 Å². The van der Waals surface area contributed by atoms with Crippen molar-refractivity contribution < 1.29 is 4.74 Å². The van der Waals surface area contributed by atoms with Crippen LogP contribution in [0.15, 0.2) is 30.3 Å². The molecule has 0 unspecified atom stereocenters. The highest BCUT2D eigenvalue weighted by molar-refractivity contribution is 5.61. The Morgan fingerprint density at radius 1 is 1.09 bits per heavy atom. The van der Waals surface area contributed by atoms with Crippen LogP contribution >= 0.6 is 0 Å². The fourth-order valence-corrected chi connectivity index (χ4v) is 2.51.